The van der Waals surface area contributed by atoms with Gasteiger partial charge in [0.05, 0.1) is 6.04 Å². The number of urea groups is 1. The smallest absolute Gasteiger partial charge is 0.410 e. The topological polar surface area (TPSA) is 73.9 Å². The summed E-state index contributed by atoms with van der Waals surface area (Å²) in [6.45, 7) is 7.89. The normalized spacial score (nSPS) is 29.3. The second-order valence-electron chi connectivity index (χ2n) is 7.70. The van der Waals surface area contributed by atoms with Crippen molar-refractivity contribution in [1.29, 1.82) is 0 Å². The lowest BCUT2D eigenvalue weighted by atomic mass is 9.98. The fraction of sp³-hybridized carbons (Fsp3) is 0.875. The summed E-state index contributed by atoms with van der Waals surface area (Å²) < 4.78 is 5.43. The van der Waals surface area contributed by atoms with Gasteiger partial charge in [0.1, 0.15) is 11.8 Å². The van der Waals surface area contributed by atoms with Crippen LogP contribution in [0.15, 0.2) is 0 Å². The Morgan fingerprint density at radius 3 is 2.57 bits per heavy atom. The third-order valence-electron chi connectivity index (χ3n) is 4.81. The minimum atomic E-state index is -0.468. The van der Waals surface area contributed by atoms with E-state index < -0.39 is 5.60 Å². The van der Waals surface area contributed by atoms with E-state index >= 15 is 0 Å². The maximum absolute atomic E-state index is 12.3. The first kappa shape index (κ1) is 16.4. The molecule has 0 spiro atoms. The van der Waals surface area contributed by atoms with Crippen LogP contribution in [-0.2, 0) is 4.74 Å². The Morgan fingerprint density at radius 2 is 1.91 bits per heavy atom. The number of carbonyl (C=O) groups is 2. The Bertz CT molecular complexity index is 468. The van der Waals surface area contributed by atoms with Crippen LogP contribution in [0.2, 0.25) is 0 Å². The van der Waals surface area contributed by atoms with Crippen LogP contribution < -0.4 is 10.6 Å². The van der Waals surface area contributed by atoms with E-state index in [0.717, 1.165) is 32.2 Å². The van der Waals surface area contributed by atoms with Gasteiger partial charge in [-0.15, -0.1) is 0 Å². The molecule has 3 aliphatic heterocycles. The number of piperidine rings is 2. The lowest BCUT2D eigenvalue weighted by Gasteiger charge is -2.40. The first-order valence-electron chi connectivity index (χ1n) is 8.65. The number of fused-ring (bicyclic) bond motifs is 1. The molecule has 3 rings (SSSR count). The van der Waals surface area contributed by atoms with Crippen molar-refractivity contribution in [1.82, 2.24) is 20.4 Å². The largest absolute Gasteiger partial charge is 0.444 e. The molecule has 2 unspecified atom stereocenters. The molecule has 3 amide bonds. The second kappa shape index (κ2) is 6.19. The van der Waals surface area contributed by atoms with Crippen molar-refractivity contribution < 1.29 is 14.3 Å². The Balaban J connectivity index is 1.56. The van der Waals surface area contributed by atoms with Gasteiger partial charge in [0.15, 0.2) is 0 Å². The first-order valence-corrected chi connectivity index (χ1v) is 8.65. The number of nitrogens with one attached hydrogen (secondary N) is 2. The summed E-state index contributed by atoms with van der Waals surface area (Å²) in [5.74, 6) is 0. The maximum Gasteiger partial charge on any atom is 0.410 e. The summed E-state index contributed by atoms with van der Waals surface area (Å²) in [5, 5.41) is 6.41. The van der Waals surface area contributed by atoms with Crippen molar-refractivity contribution in [2.45, 2.75) is 70.3 Å². The van der Waals surface area contributed by atoms with Crippen LogP contribution in [0.4, 0.5) is 9.59 Å². The van der Waals surface area contributed by atoms with Crippen LogP contribution in [0.1, 0.15) is 46.5 Å². The average Bonchev–Trinajstić information content (AvgIpc) is 2.81. The van der Waals surface area contributed by atoms with E-state index in [9.17, 15) is 9.59 Å². The second-order valence-corrected chi connectivity index (χ2v) is 7.70. The van der Waals surface area contributed by atoms with Gasteiger partial charge in [0.2, 0.25) is 0 Å². The first-order chi connectivity index (χ1) is 10.8. The number of rotatable bonds is 1. The van der Waals surface area contributed by atoms with Crippen LogP contribution in [-0.4, -0.2) is 65.4 Å². The van der Waals surface area contributed by atoms with Crippen molar-refractivity contribution in [3.8, 4) is 0 Å². The molecule has 0 aliphatic carbocycles. The van der Waals surface area contributed by atoms with Crippen molar-refractivity contribution in [3.05, 3.63) is 0 Å². The van der Waals surface area contributed by atoms with Crippen LogP contribution in [0.5, 0.6) is 0 Å². The lowest BCUT2D eigenvalue weighted by Crippen LogP contribution is -2.54. The van der Waals surface area contributed by atoms with Crippen molar-refractivity contribution in [3.63, 3.8) is 0 Å². The minimum Gasteiger partial charge on any atom is -0.444 e. The molecule has 23 heavy (non-hydrogen) atoms. The highest BCUT2D eigenvalue weighted by Gasteiger charge is 2.44. The number of amides is 3. The zero-order valence-corrected chi connectivity index (χ0v) is 14.3. The third kappa shape index (κ3) is 3.54. The molecule has 3 aliphatic rings. The van der Waals surface area contributed by atoms with E-state index in [1.54, 1.807) is 4.90 Å². The third-order valence-corrected chi connectivity index (χ3v) is 4.81. The zero-order valence-electron chi connectivity index (χ0n) is 14.3. The maximum atomic E-state index is 12.3. The predicted molar refractivity (Wildman–Crippen MR) is 86.0 cm³/mol. The monoisotopic (exact) mass is 324 g/mol. The van der Waals surface area contributed by atoms with Gasteiger partial charge in [-0.05, 0) is 53.0 Å². The van der Waals surface area contributed by atoms with Gasteiger partial charge in [-0.2, -0.15) is 0 Å². The number of hydrogen-bond donors (Lipinski definition) is 2. The summed E-state index contributed by atoms with van der Waals surface area (Å²) in [6.07, 6.45) is 3.61. The van der Waals surface area contributed by atoms with E-state index in [4.69, 9.17) is 4.74 Å². The Kier molecular flexibility index (Phi) is 4.40. The average molecular weight is 324 g/mol. The number of nitrogens with zero attached hydrogens (tertiary/aromatic N) is 2. The molecule has 0 aromatic rings. The summed E-state index contributed by atoms with van der Waals surface area (Å²) >= 11 is 0. The zero-order chi connectivity index (χ0) is 16.6. The van der Waals surface area contributed by atoms with E-state index in [2.05, 4.69) is 10.6 Å². The Labute approximate surface area is 137 Å². The van der Waals surface area contributed by atoms with Gasteiger partial charge >= 0.3 is 12.1 Å². The molecule has 0 radical (unpaired) electrons. The predicted octanol–water partition coefficient (Wildman–Crippen LogP) is 1.49. The Morgan fingerprint density at radius 1 is 1.22 bits per heavy atom. The van der Waals surface area contributed by atoms with Gasteiger partial charge in [-0.25, -0.2) is 9.59 Å². The van der Waals surface area contributed by atoms with Gasteiger partial charge in [0, 0.05) is 19.1 Å². The molecular weight excluding hydrogens is 296 g/mol. The standard InChI is InChI=1S/C16H28N4O3/c1-16(2,3)23-15(22)19-9-6-11(7-10-19)20-12-5-4-8-17-13(12)18-14(20)21/h11-13,17H,4-10H2,1-3H3,(H,18,21). The number of likely N-dealkylation sites (tertiary alicyclic amines) is 1. The van der Waals surface area contributed by atoms with Crippen LogP contribution in [0.25, 0.3) is 0 Å². The Hall–Kier alpha value is -1.50. The molecule has 2 atom stereocenters. The van der Waals surface area contributed by atoms with Gasteiger partial charge in [0.25, 0.3) is 0 Å². The fourth-order valence-corrected chi connectivity index (χ4v) is 3.77. The highest BCUT2D eigenvalue weighted by molar-refractivity contribution is 5.78. The molecule has 130 valence electrons. The summed E-state index contributed by atoms with van der Waals surface area (Å²) in [5.41, 5.74) is -0.468. The van der Waals surface area contributed by atoms with Crippen LogP contribution >= 0.6 is 0 Å². The van der Waals surface area contributed by atoms with E-state index in [1.165, 1.54) is 0 Å². The molecule has 7 nitrogen and oxygen atoms in total. The quantitative estimate of drug-likeness (QED) is 0.766. The lowest BCUT2D eigenvalue weighted by molar-refractivity contribution is 0.0149. The van der Waals surface area contributed by atoms with Gasteiger partial charge in [-0.1, -0.05) is 0 Å². The molecule has 7 heteroatoms. The van der Waals surface area contributed by atoms with Crippen molar-refractivity contribution in [2.24, 2.45) is 0 Å². The fourth-order valence-electron chi connectivity index (χ4n) is 3.77. The molecule has 3 heterocycles. The van der Waals surface area contributed by atoms with Gasteiger partial charge < -0.3 is 19.9 Å². The highest BCUT2D eigenvalue weighted by atomic mass is 16.6. The summed E-state index contributed by atoms with van der Waals surface area (Å²) in [6, 6.07) is 0.489. The summed E-state index contributed by atoms with van der Waals surface area (Å²) in [7, 11) is 0. The molecule has 3 saturated heterocycles. The molecule has 0 aromatic carbocycles. The number of ether oxygens (including phenoxy) is 1. The molecule has 0 aromatic heterocycles. The van der Waals surface area contributed by atoms with Crippen molar-refractivity contribution in [2.75, 3.05) is 19.6 Å². The molecular formula is C16H28N4O3. The van der Waals surface area contributed by atoms with Gasteiger partial charge in [-0.3, -0.25) is 5.32 Å². The summed E-state index contributed by atoms with van der Waals surface area (Å²) in [4.78, 5) is 28.2. The van der Waals surface area contributed by atoms with Crippen LogP contribution in [0, 0.1) is 0 Å². The van der Waals surface area contributed by atoms with E-state index in [-0.39, 0.29) is 30.4 Å². The molecule has 0 bridgehead atoms. The van der Waals surface area contributed by atoms with Crippen molar-refractivity contribution >= 4 is 12.1 Å². The molecule has 2 N–H and O–H groups in total. The SMILES string of the molecule is CC(C)(C)OC(=O)N1CCC(N2C(=O)NC3NCCCC32)CC1. The minimum absolute atomic E-state index is 0.0325. The highest BCUT2D eigenvalue weighted by Crippen LogP contribution is 2.28. The molecule has 3 fully saturated rings. The van der Waals surface area contributed by atoms with E-state index in [0.29, 0.717) is 13.1 Å². The van der Waals surface area contributed by atoms with E-state index in [1.807, 2.05) is 25.7 Å². The number of hydrogen-bond acceptors (Lipinski definition) is 4. The van der Waals surface area contributed by atoms with Crippen LogP contribution in [0.3, 0.4) is 0 Å². The number of carbonyl (C=O) groups excluding carboxylic acids is 2. The molecule has 0 saturated carbocycles.